The van der Waals surface area contributed by atoms with E-state index in [0.29, 0.717) is 12.5 Å². The molecule has 3 rings (SSSR count). The number of hydrogen-bond acceptors (Lipinski definition) is 3. The number of rotatable bonds is 2. The van der Waals surface area contributed by atoms with Gasteiger partial charge in [-0.2, -0.15) is 0 Å². The minimum Gasteiger partial charge on any atom is -0.493 e. The van der Waals surface area contributed by atoms with Gasteiger partial charge >= 0.3 is 6.03 Å². The number of ether oxygens (including phenoxy) is 2. The number of hydrogen-bond donors (Lipinski definition) is 0. The predicted molar refractivity (Wildman–Crippen MR) is 89.0 cm³/mol. The molecule has 0 radical (unpaired) electrons. The lowest BCUT2D eigenvalue weighted by Crippen LogP contribution is -2.48. The van der Waals surface area contributed by atoms with Crippen LogP contribution in [0.15, 0.2) is 12.1 Å². The van der Waals surface area contributed by atoms with E-state index in [4.69, 9.17) is 9.47 Å². The average Bonchev–Trinajstić information content (AvgIpc) is 2.59. The Hall–Kier alpha value is -1.91. The Morgan fingerprint density at radius 2 is 1.78 bits per heavy atom. The first-order valence-corrected chi connectivity index (χ1v) is 8.40. The molecule has 0 spiro atoms. The van der Waals surface area contributed by atoms with E-state index in [-0.39, 0.29) is 6.03 Å². The molecule has 1 fully saturated rings. The predicted octanol–water partition coefficient (Wildman–Crippen LogP) is 2.91. The minimum absolute atomic E-state index is 0.178. The third-order valence-corrected chi connectivity index (χ3v) is 4.92. The Balaban J connectivity index is 1.75. The maximum absolute atomic E-state index is 12.8. The van der Waals surface area contributed by atoms with Gasteiger partial charge in [-0.15, -0.1) is 0 Å². The van der Waals surface area contributed by atoms with E-state index in [1.54, 1.807) is 14.2 Å². The van der Waals surface area contributed by atoms with Crippen LogP contribution in [0, 0.1) is 5.92 Å². The topological polar surface area (TPSA) is 42.0 Å². The SMILES string of the molecule is COc1cc2c(cc1OC)CN(C(=O)N1CCCC(C)C1)CC2. The van der Waals surface area contributed by atoms with E-state index in [1.165, 1.54) is 12.0 Å². The number of carbonyl (C=O) groups is 1. The molecule has 126 valence electrons. The van der Waals surface area contributed by atoms with Crippen molar-refractivity contribution in [3.63, 3.8) is 0 Å². The first kappa shape index (κ1) is 16.0. The van der Waals surface area contributed by atoms with Crippen LogP contribution < -0.4 is 9.47 Å². The van der Waals surface area contributed by atoms with Crippen LogP contribution in [0.3, 0.4) is 0 Å². The quantitative estimate of drug-likeness (QED) is 0.842. The lowest BCUT2D eigenvalue weighted by molar-refractivity contribution is 0.127. The van der Waals surface area contributed by atoms with E-state index in [0.717, 1.165) is 49.5 Å². The number of methoxy groups -OCH3 is 2. The summed E-state index contributed by atoms with van der Waals surface area (Å²) in [6, 6.07) is 4.22. The van der Waals surface area contributed by atoms with Gasteiger partial charge in [0, 0.05) is 26.2 Å². The molecule has 2 aliphatic heterocycles. The Labute approximate surface area is 138 Å². The molecular formula is C18H26N2O3. The van der Waals surface area contributed by atoms with E-state index in [1.807, 2.05) is 21.9 Å². The van der Waals surface area contributed by atoms with Crippen molar-refractivity contribution in [3.8, 4) is 11.5 Å². The maximum Gasteiger partial charge on any atom is 0.320 e. The van der Waals surface area contributed by atoms with Crippen LogP contribution in [0.5, 0.6) is 11.5 Å². The van der Waals surface area contributed by atoms with Crippen LogP contribution in [0.25, 0.3) is 0 Å². The summed E-state index contributed by atoms with van der Waals surface area (Å²) < 4.78 is 10.8. The summed E-state index contributed by atoms with van der Waals surface area (Å²) in [4.78, 5) is 16.8. The first-order valence-electron chi connectivity index (χ1n) is 8.40. The molecule has 1 aromatic carbocycles. The Bertz CT molecular complexity index is 588. The van der Waals surface area contributed by atoms with Gasteiger partial charge in [-0.3, -0.25) is 0 Å². The molecule has 23 heavy (non-hydrogen) atoms. The fourth-order valence-electron chi connectivity index (χ4n) is 3.61. The first-order chi connectivity index (χ1) is 11.1. The monoisotopic (exact) mass is 318 g/mol. The second kappa shape index (κ2) is 6.69. The Kier molecular flexibility index (Phi) is 4.64. The van der Waals surface area contributed by atoms with Crippen molar-refractivity contribution in [2.24, 2.45) is 5.92 Å². The highest BCUT2D eigenvalue weighted by atomic mass is 16.5. The van der Waals surface area contributed by atoms with Gasteiger partial charge in [0.2, 0.25) is 0 Å². The van der Waals surface area contributed by atoms with Gasteiger partial charge in [0.05, 0.1) is 14.2 Å². The smallest absolute Gasteiger partial charge is 0.320 e. The molecule has 5 nitrogen and oxygen atoms in total. The fraction of sp³-hybridized carbons (Fsp3) is 0.611. The fourth-order valence-corrected chi connectivity index (χ4v) is 3.61. The van der Waals surface area contributed by atoms with Gasteiger partial charge in [-0.25, -0.2) is 4.79 Å². The highest BCUT2D eigenvalue weighted by Crippen LogP contribution is 2.33. The lowest BCUT2D eigenvalue weighted by atomic mass is 9.98. The number of amides is 2. The normalized spacial score (nSPS) is 20.9. The van der Waals surface area contributed by atoms with Crippen molar-refractivity contribution in [3.05, 3.63) is 23.3 Å². The highest BCUT2D eigenvalue weighted by Gasteiger charge is 2.28. The standard InChI is InChI=1S/C18H26N2O3/c1-13-5-4-7-19(11-13)18(21)20-8-6-14-9-16(22-2)17(23-3)10-15(14)12-20/h9-10,13H,4-8,11-12H2,1-3H3. The zero-order chi connectivity index (χ0) is 16.4. The molecule has 0 N–H and O–H groups in total. The van der Waals surface area contributed by atoms with Crippen LogP contribution in [-0.4, -0.2) is 49.7 Å². The number of benzene rings is 1. The van der Waals surface area contributed by atoms with Crippen molar-refractivity contribution >= 4 is 6.03 Å². The molecule has 0 saturated carbocycles. The van der Waals surface area contributed by atoms with Crippen LogP contribution in [0.4, 0.5) is 4.79 Å². The largest absolute Gasteiger partial charge is 0.493 e. The Morgan fingerprint density at radius 3 is 2.43 bits per heavy atom. The zero-order valence-corrected chi connectivity index (χ0v) is 14.3. The summed E-state index contributed by atoms with van der Waals surface area (Å²) >= 11 is 0. The van der Waals surface area contributed by atoms with Gasteiger partial charge in [0.1, 0.15) is 0 Å². The van der Waals surface area contributed by atoms with Crippen molar-refractivity contribution in [2.75, 3.05) is 33.9 Å². The number of carbonyl (C=O) groups excluding carboxylic acids is 1. The lowest BCUT2D eigenvalue weighted by Gasteiger charge is -2.37. The molecule has 1 atom stereocenters. The molecule has 0 bridgehead atoms. The Morgan fingerprint density at radius 1 is 1.09 bits per heavy atom. The van der Waals surface area contributed by atoms with Gasteiger partial charge in [-0.1, -0.05) is 6.92 Å². The molecule has 5 heteroatoms. The molecule has 1 unspecified atom stereocenters. The van der Waals surface area contributed by atoms with E-state index in [9.17, 15) is 4.79 Å². The maximum atomic E-state index is 12.8. The molecule has 2 amide bonds. The van der Waals surface area contributed by atoms with Gasteiger partial charge < -0.3 is 19.3 Å². The summed E-state index contributed by atoms with van der Waals surface area (Å²) in [6.07, 6.45) is 3.21. The van der Waals surface area contributed by atoms with E-state index < -0.39 is 0 Å². The van der Waals surface area contributed by atoms with Crippen molar-refractivity contribution in [1.82, 2.24) is 9.80 Å². The summed E-state index contributed by atoms with van der Waals surface area (Å²) in [7, 11) is 3.30. The third kappa shape index (κ3) is 3.23. The van der Waals surface area contributed by atoms with Crippen molar-refractivity contribution in [1.29, 1.82) is 0 Å². The number of nitrogens with zero attached hydrogens (tertiary/aromatic N) is 2. The summed E-state index contributed by atoms with van der Waals surface area (Å²) in [5.41, 5.74) is 2.41. The average molecular weight is 318 g/mol. The van der Waals surface area contributed by atoms with Crippen LogP contribution in [0.2, 0.25) is 0 Å². The summed E-state index contributed by atoms with van der Waals surface area (Å²) in [5, 5.41) is 0. The molecule has 2 heterocycles. The van der Waals surface area contributed by atoms with Gasteiger partial charge in [0.15, 0.2) is 11.5 Å². The van der Waals surface area contributed by atoms with Crippen LogP contribution in [-0.2, 0) is 13.0 Å². The van der Waals surface area contributed by atoms with Crippen molar-refractivity contribution < 1.29 is 14.3 Å². The third-order valence-electron chi connectivity index (χ3n) is 4.92. The number of urea groups is 1. The number of piperidine rings is 1. The second-order valence-corrected chi connectivity index (χ2v) is 6.62. The van der Waals surface area contributed by atoms with Gasteiger partial charge in [0.25, 0.3) is 0 Å². The van der Waals surface area contributed by atoms with Crippen molar-refractivity contribution in [2.45, 2.75) is 32.7 Å². The molecule has 1 aromatic rings. The number of fused-ring (bicyclic) bond motifs is 1. The number of likely N-dealkylation sites (tertiary alicyclic amines) is 1. The van der Waals surface area contributed by atoms with Gasteiger partial charge in [-0.05, 0) is 48.4 Å². The zero-order valence-electron chi connectivity index (χ0n) is 14.3. The minimum atomic E-state index is 0.178. The van der Waals surface area contributed by atoms with Crippen LogP contribution >= 0.6 is 0 Å². The van der Waals surface area contributed by atoms with Crippen LogP contribution in [0.1, 0.15) is 30.9 Å². The highest BCUT2D eigenvalue weighted by molar-refractivity contribution is 5.75. The summed E-state index contributed by atoms with van der Waals surface area (Å²) in [6.45, 7) is 5.42. The molecule has 0 aliphatic carbocycles. The molecule has 0 aromatic heterocycles. The molecular weight excluding hydrogens is 292 g/mol. The molecule has 2 aliphatic rings. The molecule has 1 saturated heterocycles. The van der Waals surface area contributed by atoms with E-state index >= 15 is 0 Å². The van der Waals surface area contributed by atoms with E-state index in [2.05, 4.69) is 6.92 Å². The second-order valence-electron chi connectivity index (χ2n) is 6.62. The summed E-state index contributed by atoms with van der Waals surface area (Å²) in [5.74, 6) is 2.09.